The van der Waals surface area contributed by atoms with Crippen LogP contribution in [0.2, 0.25) is 0 Å². The molecule has 2 aromatic rings. The number of nitrogens with one attached hydrogen (secondary N) is 1. The topological polar surface area (TPSA) is 153 Å². The fourth-order valence-corrected chi connectivity index (χ4v) is 6.05. The van der Waals surface area contributed by atoms with E-state index in [0.717, 1.165) is 50.6 Å². The van der Waals surface area contributed by atoms with Gasteiger partial charge in [-0.05, 0) is 62.8 Å². The second-order valence-electron chi connectivity index (χ2n) is 8.97. The van der Waals surface area contributed by atoms with Crippen LogP contribution in [-0.4, -0.2) is 49.0 Å². The molecule has 1 aromatic heterocycles. The fourth-order valence-electron chi connectivity index (χ4n) is 5.02. The van der Waals surface area contributed by atoms with E-state index in [9.17, 15) is 8.42 Å². The third kappa shape index (κ3) is 4.34. The summed E-state index contributed by atoms with van der Waals surface area (Å²) in [5.41, 5.74) is 12.8. The van der Waals surface area contributed by atoms with Gasteiger partial charge in [-0.25, -0.2) is 13.4 Å². The second kappa shape index (κ2) is 8.91. The predicted molar refractivity (Wildman–Crippen MR) is 130 cm³/mol. The maximum atomic E-state index is 13.0. The second-order valence-corrected chi connectivity index (χ2v) is 10.7. The van der Waals surface area contributed by atoms with Gasteiger partial charge in [0.25, 0.3) is 10.0 Å². The third-order valence-corrected chi connectivity index (χ3v) is 8.07. The summed E-state index contributed by atoms with van der Waals surface area (Å²) in [7, 11) is -3.79. The molecule has 182 valence electrons. The molecule has 0 radical (unpaired) electrons. The molecule has 34 heavy (non-hydrogen) atoms. The Morgan fingerprint density at radius 2 is 1.76 bits per heavy atom. The minimum absolute atomic E-state index is 0.142. The summed E-state index contributed by atoms with van der Waals surface area (Å²) in [6.07, 6.45) is 9.74. The quantitative estimate of drug-likeness (QED) is 0.585. The molecular formula is C22H30N8O3S. The maximum Gasteiger partial charge on any atom is 0.261 e. The van der Waals surface area contributed by atoms with Crippen LogP contribution < -0.4 is 21.1 Å². The lowest BCUT2D eigenvalue weighted by molar-refractivity contribution is 0.0662. The Balaban J connectivity index is 1.35. The number of benzene rings is 1. The van der Waals surface area contributed by atoms with Crippen molar-refractivity contribution in [1.29, 1.82) is 0 Å². The Labute approximate surface area is 198 Å². The third-order valence-electron chi connectivity index (χ3n) is 6.68. The van der Waals surface area contributed by atoms with Crippen LogP contribution in [0.4, 0.5) is 11.4 Å². The first-order valence-electron chi connectivity index (χ1n) is 11.6. The standard InChI is InChI=1S/C22H30N8O3S/c23-20-26-21(24)30(22(27-20)10-2-1-3-11-22)18-4-6-19(7-5-18)34(31,32)28-16-14-25-29(15-16)17-8-12-33-13-9-17/h4-7,14-15,17,28H,1-3,8-13H2,(H4,23,24,26,27). The Morgan fingerprint density at radius 3 is 2.47 bits per heavy atom. The fraction of sp³-hybridized carbons (Fsp3) is 0.500. The van der Waals surface area contributed by atoms with E-state index in [1.54, 1.807) is 35.1 Å². The van der Waals surface area contributed by atoms with Crippen LogP contribution in [0.5, 0.6) is 0 Å². The van der Waals surface area contributed by atoms with Crippen LogP contribution in [0.1, 0.15) is 51.0 Å². The first kappa shape index (κ1) is 22.7. The van der Waals surface area contributed by atoms with Crippen molar-refractivity contribution in [3.05, 3.63) is 36.7 Å². The number of anilines is 2. The molecule has 1 aromatic carbocycles. The maximum absolute atomic E-state index is 13.0. The minimum atomic E-state index is -3.79. The first-order chi connectivity index (χ1) is 16.4. The molecule has 1 saturated heterocycles. The van der Waals surface area contributed by atoms with Crippen molar-refractivity contribution in [2.24, 2.45) is 21.5 Å². The van der Waals surface area contributed by atoms with Crippen LogP contribution in [0.25, 0.3) is 0 Å². The lowest BCUT2D eigenvalue weighted by Gasteiger charge is -2.45. The number of rotatable bonds is 5. The lowest BCUT2D eigenvalue weighted by Crippen LogP contribution is -2.58. The summed E-state index contributed by atoms with van der Waals surface area (Å²) in [4.78, 5) is 10.8. The molecule has 12 heteroatoms. The lowest BCUT2D eigenvalue weighted by atomic mass is 9.87. The van der Waals surface area contributed by atoms with Gasteiger partial charge in [0.05, 0.1) is 22.8 Å². The first-order valence-corrected chi connectivity index (χ1v) is 13.1. The zero-order valence-corrected chi connectivity index (χ0v) is 19.7. The van der Waals surface area contributed by atoms with E-state index in [1.807, 2.05) is 4.90 Å². The molecule has 5 N–H and O–H groups in total. The number of aliphatic imine (C=N–C) groups is 2. The van der Waals surface area contributed by atoms with Crippen molar-refractivity contribution in [1.82, 2.24) is 9.78 Å². The zero-order valence-electron chi connectivity index (χ0n) is 18.9. The number of guanidine groups is 2. The van der Waals surface area contributed by atoms with Crippen LogP contribution >= 0.6 is 0 Å². The Morgan fingerprint density at radius 1 is 1.06 bits per heavy atom. The average Bonchev–Trinajstić information content (AvgIpc) is 3.28. The van der Waals surface area contributed by atoms with Gasteiger partial charge in [-0.3, -0.25) is 14.3 Å². The van der Waals surface area contributed by atoms with Crippen molar-refractivity contribution in [3.63, 3.8) is 0 Å². The van der Waals surface area contributed by atoms with E-state index in [-0.39, 0.29) is 22.9 Å². The molecule has 0 unspecified atom stereocenters. The van der Waals surface area contributed by atoms with E-state index in [4.69, 9.17) is 16.2 Å². The van der Waals surface area contributed by atoms with Crippen LogP contribution in [0.15, 0.2) is 51.5 Å². The highest BCUT2D eigenvalue weighted by molar-refractivity contribution is 7.92. The minimum Gasteiger partial charge on any atom is -0.381 e. The van der Waals surface area contributed by atoms with Crippen molar-refractivity contribution >= 4 is 33.3 Å². The molecule has 1 spiro atoms. The van der Waals surface area contributed by atoms with Crippen molar-refractivity contribution in [2.45, 2.75) is 61.5 Å². The van der Waals surface area contributed by atoms with Crippen molar-refractivity contribution in [3.8, 4) is 0 Å². The molecule has 1 saturated carbocycles. The van der Waals surface area contributed by atoms with Gasteiger partial charge in [-0.1, -0.05) is 6.42 Å². The molecular weight excluding hydrogens is 456 g/mol. The van der Waals surface area contributed by atoms with E-state index in [1.165, 1.54) is 6.20 Å². The average molecular weight is 487 g/mol. The molecule has 2 aliphatic heterocycles. The number of hydrogen-bond acceptors (Lipinski definition) is 9. The Bertz CT molecular complexity index is 1190. The van der Waals surface area contributed by atoms with Gasteiger partial charge in [-0.15, -0.1) is 0 Å². The Kier molecular flexibility index (Phi) is 5.94. The van der Waals surface area contributed by atoms with Gasteiger partial charge in [0, 0.05) is 25.1 Å². The van der Waals surface area contributed by atoms with Gasteiger partial charge in [0.2, 0.25) is 11.9 Å². The number of sulfonamides is 1. The summed E-state index contributed by atoms with van der Waals surface area (Å²) in [6.45, 7) is 1.37. The SMILES string of the molecule is NC1=NC2(CCCCC2)N(c2ccc(S(=O)(=O)Nc3cnn(C4CCOCC4)c3)cc2)C(N)=N1. The molecule has 0 atom stereocenters. The van der Waals surface area contributed by atoms with E-state index in [0.29, 0.717) is 18.9 Å². The summed E-state index contributed by atoms with van der Waals surface area (Å²) >= 11 is 0. The van der Waals surface area contributed by atoms with Gasteiger partial charge < -0.3 is 16.2 Å². The van der Waals surface area contributed by atoms with Crippen LogP contribution in [0.3, 0.4) is 0 Å². The number of nitrogens with zero attached hydrogens (tertiary/aromatic N) is 5. The predicted octanol–water partition coefficient (Wildman–Crippen LogP) is 2.15. The highest BCUT2D eigenvalue weighted by Crippen LogP contribution is 2.39. The highest BCUT2D eigenvalue weighted by Gasteiger charge is 2.42. The molecule has 11 nitrogen and oxygen atoms in total. The van der Waals surface area contributed by atoms with Crippen LogP contribution in [-0.2, 0) is 14.8 Å². The number of nitrogens with two attached hydrogens (primary N) is 2. The molecule has 0 bridgehead atoms. The summed E-state index contributed by atoms with van der Waals surface area (Å²) in [6, 6.07) is 6.80. The zero-order chi connectivity index (χ0) is 23.8. The Hall–Kier alpha value is -3.12. The van der Waals surface area contributed by atoms with E-state index < -0.39 is 15.7 Å². The van der Waals surface area contributed by atoms with E-state index >= 15 is 0 Å². The monoisotopic (exact) mass is 486 g/mol. The normalized spacial score (nSPS) is 21.2. The molecule has 5 rings (SSSR count). The molecule has 0 amide bonds. The molecule has 1 aliphatic carbocycles. The number of aromatic nitrogens is 2. The van der Waals surface area contributed by atoms with Gasteiger partial charge >= 0.3 is 0 Å². The van der Waals surface area contributed by atoms with E-state index in [2.05, 4.69) is 19.8 Å². The summed E-state index contributed by atoms with van der Waals surface area (Å²) in [5, 5.41) is 4.33. The largest absolute Gasteiger partial charge is 0.381 e. The van der Waals surface area contributed by atoms with Crippen LogP contribution in [0, 0.1) is 0 Å². The highest BCUT2D eigenvalue weighted by atomic mass is 32.2. The number of hydrogen-bond donors (Lipinski definition) is 3. The van der Waals surface area contributed by atoms with Crippen molar-refractivity contribution in [2.75, 3.05) is 22.8 Å². The molecule has 3 heterocycles. The van der Waals surface area contributed by atoms with Crippen molar-refractivity contribution < 1.29 is 13.2 Å². The van der Waals surface area contributed by atoms with Gasteiger partial charge in [-0.2, -0.15) is 10.1 Å². The van der Waals surface area contributed by atoms with Gasteiger partial charge in [0.1, 0.15) is 5.66 Å². The smallest absolute Gasteiger partial charge is 0.261 e. The summed E-state index contributed by atoms with van der Waals surface area (Å²) in [5.74, 6) is 0.448. The molecule has 2 fully saturated rings. The van der Waals surface area contributed by atoms with Gasteiger partial charge in [0.15, 0.2) is 0 Å². The molecule has 3 aliphatic rings. The summed E-state index contributed by atoms with van der Waals surface area (Å²) < 4.78 is 35.8. The number of ether oxygens (including phenoxy) is 1.